The lowest BCUT2D eigenvalue weighted by Crippen LogP contribution is -2.46. The third-order valence-electron chi connectivity index (χ3n) is 4.34. The molecule has 25 heavy (non-hydrogen) atoms. The summed E-state index contributed by atoms with van der Waals surface area (Å²) < 4.78 is 23.0. The van der Waals surface area contributed by atoms with E-state index in [1.54, 1.807) is 24.3 Å². The van der Waals surface area contributed by atoms with Crippen LogP contribution in [0.4, 0.5) is 17.1 Å². The number of hydrogen-bond donors (Lipinski definition) is 0. The smallest absolute Gasteiger partial charge is 0.269 e. The molecule has 3 rings (SSSR count). The van der Waals surface area contributed by atoms with E-state index in [1.165, 1.54) is 18.4 Å². The maximum atomic E-state index is 11.5. The molecule has 0 N–H and O–H groups in total. The molecule has 2 aromatic carbocycles. The van der Waals surface area contributed by atoms with E-state index in [0.717, 1.165) is 37.6 Å². The molecule has 0 amide bonds. The normalized spacial score (nSPS) is 15.2. The summed E-state index contributed by atoms with van der Waals surface area (Å²) in [4.78, 5) is 15.0. The van der Waals surface area contributed by atoms with Crippen LogP contribution in [0.2, 0.25) is 0 Å². The van der Waals surface area contributed by atoms with Gasteiger partial charge in [-0.2, -0.15) is 0 Å². The molecule has 1 aliphatic heterocycles. The fourth-order valence-corrected chi connectivity index (χ4v) is 3.54. The van der Waals surface area contributed by atoms with Gasteiger partial charge >= 0.3 is 0 Å². The minimum Gasteiger partial charge on any atom is -0.368 e. The zero-order chi connectivity index (χ0) is 18.0. The van der Waals surface area contributed by atoms with Crippen LogP contribution < -0.4 is 9.80 Å². The molecule has 2 aromatic rings. The van der Waals surface area contributed by atoms with Crippen molar-refractivity contribution in [3.63, 3.8) is 0 Å². The van der Waals surface area contributed by atoms with Gasteiger partial charge in [-0.25, -0.2) is 8.42 Å². The molecule has 0 bridgehead atoms. The Balaban J connectivity index is 1.64. The third-order valence-corrected chi connectivity index (χ3v) is 5.46. The largest absolute Gasteiger partial charge is 0.368 e. The minimum absolute atomic E-state index is 0.0911. The van der Waals surface area contributed by atoms with Crippen LogP contribution in [0.3, 0.4) is 0 Å². The molecule has 0 spiro atoms. The quantitative estimate of drug-likeness (QED) is 0.614. The van der Waals surface area contributed by atoms with Gasteiger partial charge < -0.3 is 9.80 Å². The first kappa shape index (κ1) is 17.2. The Morgan fingerprint density at radius 3 is 1.60 bits per heavy atom. The van der Waals surface area contributed by atoms with E-state index in [9.17, 15) is 18.5 Å². The average Bonchev–Trinajstić information content (AvgIpc) is 2.61. The summed E-state index contributed by atoms with van der Waals surface area (Å²) in [5.74, 6) is 0. The zero-order valence-corrected chi connectivity index (χ0v) is 14.6. The van der Waals surface area contributed by atoms with Crippen LogP contribution in [0.1, 0.15) is 0 Å². The topological polar surface area (TPSA) is 83.8 Å². The molecule has 8 heteroatoms. The van der Waals surface area contributed by atoms with E-state index in [4.69, 9.17) is 0 Å². The van der Waals surface area contributed by atoms with Gasteiger partial charge in [0.05, 0.1) is 9.82 Å². The monoisotopic (exact) mass is 361 g/mol. The maximum absolute atomic E-state index is 11.5. The number of nitro benzene ring substituents is 1. The fraction of sp³-hybridized carbons (Fsp3) is 0.294. The van der Waals surface area contributed by atoms with Gasteiger partial charge in [0.15, 0.2) is 9.84 Å². The van der Waals surface area contributed by atoms with Gasteiger partial charge in [-0.1, -0.05) is 0 Å². The SMILES string of the molecule is CS(=O)(=O)c1ccc(N2CCN(c3ccc([N+](=O)[O-])cc3)CC2)cc1. The first-order valence-electron chi connectivity index (χ1n) is 7.89. The molecule has 1 fully saturated rings. The van der Waals surface area contributed by atoms with Crippen molar-refractivity contribution in [1.29, 1.82) is 0 Å². The summed E-state index contributed by atoms with van der Waals surface area (Å²) in [6.45, 7) is 3.20. The highest BCUT2D eigenvalue weighted by molar-refractivity contribution is 7.90. The highest BCUT2D eigenvalue weighted by Gasteiger charge is 2.18. The van der Waals surface area contributed by atoms with Crippen molar-refractivity contribution in [2.45, 2.75) is 4.90 Å². The Labute approximate surface area is 146 Å². The summed E-state index contributed by atoms with van der Waals surface area (Å²) in [6.07, 6.45) is 1.20. The number of sulfone groups is 1. The van der Waals surface area contributed by atoms with Crippen LogP contribution in [0.5, 0.6) is 0 Å². The molecule has 0 saturated carbocycles. The Morgan fingerprint density at radius 2 is 1.24 bits per heavy atom. The molecule has 1 saturated heterocycles. The van der Waals surface area contributed by atoms with Crippen LogP contribution in [0, 0.1) is 10.1 Å². The van der Waals surface area contributed by atoms with E-state index in [2.05, 4.69) is 9.80 Å². The van der Waals surface area contributed by atoms with E-state index in [0.29, 0.717) is 4.90 Å². The Kier molecular flexibility index (Phi) is 4.63. The second-order valence-corrected chi connectivity index (χ2v) is 8.03. The number of benzene rings is 2. The van der Waals surface area contributed by atoms with Gasteiger partial charge in [-0.3, -0.25) is 10.1 Å². The molecule has 1 aliphatic rings. The predicted molar refractivity (Wildman–Crippen MR) is 97.1 cm³/mol. The Morgan fingerprint density at radius 1 is 0.840 bits per heavy atom. The summed E-state index contributed by atoms with van der Waals surface area (Å²) in [6, 6.07) is 13.5. The van der Waals surface area contributed by atoms with Crippen molar-refractivity contribution in [2.24, 2.45) is 0 Å². The van der Waals surface area contributed by atoms with Crippen LogP contribution in [0.25, 0.3) is 0 Å². The van der Waals surface area contributed by atoms with Gasteiger partial charge in [0.25, 0.3) is 5.69 Å². The van der Waals surface area contributed by atoms with Gasteiger partial charge in [-0.05, 0) is 36.4 Å². The fourth-order valence-electron chi connectivity index (χ4n) is 2.91. The minimum atomic E-state index is -3.18. The molecule has 0 aromatic heterocycles. The number of piperazine rings is 1. The Bertz CT molecular complexity index is 856. The standard InChI is InChI=1S/C17H19N3O4S/c1-25(23,24)17-8-6-15(7-9-17)19-12-10-18(11-13-19)14-2-4-16(5-3-14)20(21)22/h2-9H,10-13H2,1H3. The van der Waals surface area contributed by atoms with Gasteiger partial charge in [0.2, 0.25) is 0 Å². The van der Waals surface area contributed by atoms with Gasteiger partial charge in [-0.15, -0.1) is 0 Å². The second kappa shape index (κ2) is 6.72. The van der Waals surface area contributed by atoms with Crippen molar-refractivity contribution in [3.8, 4) is 0 Å². The van der Waals surface area contributed by atoms with Crippen molar-refractivity contribution in [1.82, 2.24) is 0 Å². The highest BCUT2D eigenvalue weighted by Crippen LogP contribution is 2.23. The molecule has 132 valence electrons. The van der Waals surface area contributed by atoms with Crippen LogP contribution >= 0.6 is 0 Å². The van der Waals surface area contributed by atoms with Crippen molar-refractivity contribution >= 4 is 26.9 Å². The van der Waals surface area contributed by atoms with Crippen LogP contribution in [-0.2, 0) is 9.84 Å². The lowest BCUT2D eigenvalue weighted by molar-refractivity contribution is -0.384. The molecule has 0 radical (unpaired) electrons. The van der Waals surface area contributed by atoms with Crippen molar-refractivity contribution < 1.29 is 13.3 Å². The number of rotatable bonds is 4. The number of hydrogen-bond acceptors (Lipinski definition) is 6. The first-order valence-corrected chi connectivity index (χ1v) is 9.78. The molecular weight excluding hydrogens is 342 g/mol. The van der Waals surface area contributed by atoms with Crippen molar-refractivity contribution in [2.75, 3.05) is 42.2 Å². The summed E-state index contributed by atoms with van der Waals surface area (Å²) in [7, 11) is -3.18. The van der Waals surface area contributed by atoms with Crippen molar-refractivity contribution in [3.05, 3.63) is 58.6 Å². The van der Waals surface area contributed by atoms with Crippen LogP contribution in [-0.4, -0.2) is 45.8 Å². The molecular formula is C17H19N3O4S. The van der Waals surface area contributed by atoms with Gasteiger partial charge in [0.1, 0.15) is 0 Å². The number of anilines is 2. The molecule has 1 heterocycles. The third kappa shape index (κ3) is 3.90. The molecule has 0 unspecified atom stereocenters. The molecule has 0 aliphatic carbocycles. The highest BCUT2D eigenvalue weighted by atomic mass is 32.2. The lowest BCUT2D eigenvalue weighted by Gasteiger charge is -2.37. The zero-order valence-electron chi connectivity index (χ0n) is 13.8. The summed E-state index contributed by atoms with van der Waals surface area (Å²) in [5, 5.41) is 10.7. The summed E-state index contributed by atoms with van der Waals surface area (Å²) >= 11 is 0. The van der Waals surface area contributed by atoms with E-state index < -0.39 is 14.8 Å². The number of nitrogens with zero attached hydrogens (tertiary/aromatic N) is 3. The second-order valence-electron chi connectivity index (χ2n) is 6.01. The first-order chi connectivity index (χ1) is 11.8. The number of nitro groups is 1. The lowest BCUT2D eigenvalue weighted by atomic mass is 10.2. The maximum Gasteiger partial charge on any atom is 0.269 e. The average molecular weight is 361 g/mol. The summed E-state index contributed by atoms with van der Waals surface area (Å²) in [5.41, 5.74) is 2.06. The molecule has 7 nitrogen and oxygen atoms in total. The number of non-ortho nitro benzene ring substituents is 1. The van der Waals surface area contributed by atoms with Crippen LogP contribution in [0.15, 0.2) is 53.4 Å². The van der Waals surface area contributed by atoms with E-state index in [1.807, 2.05) is 12.1 Å². The van der Waals surface area contributed by atoms with E-state index >= 15 is 0 Å². The van der Waals surface area contributed by atoms with E-state index in [-0.39, 0.29) is 5.69 Å². The van der Waals surface area contributed by atoms with Gasteiger partial charge in [0, 0.05) is 55.9 Å². The Hall–Kier alpha value is -2.61. The predicted octanol–water partition coefficient (Wildman–Crippen LogP) is 2.32. The molecule has 0 atom stereocenters.